The Kier molecular flexibility index (Phi) is 3.38. The summed E-state index contributed by atoms with van der Waals surface area (Å²) >= 11 is 0. The first-order valence-electron chi connectivity index (χ1n) is 8.24. The number of nitrogens with zero attached hydrogens (tertiary/aromatic N) is 5. The van der Waals surface area contributed by atoms with Gasteiger partial charge in [-0.15, -0.1) is 0 Å². The molecule has 128 valence electrons. The fourth-order valence-electron chi connectivity index (χ4n) is 3.35. The normalized spacial score (nSPS) is 11.6. The highest BCUT2D eigenvalue weighted by atomic mass is 16.2. The van der Waals surface area contributed by atoms with E-state index in [4.69, 9.17) is 0 Å². The van der Waals surface area contributed by atoms with E-state index < -0.39 is 0 Å². The third-order valence-electron chi connectivity index (χ3n) is 4.64. The smallest absolute Gasteiger partial charge is 0.314 e. The van der Waals surface area contributed by atoms with Crippen molar-refractivity contribution in [2.75, 3.05) is 0 Å². The molecule has 0 radical (unpaired) electrons. The van der Waals surface area contributed by atoms with Gasteiger partial charge >= 0.3 is 5.69 Å². The topological polar surface area (TPSA) is 66.2 Å². The van der Waals surface area contributed by atoms with E-state index in [2.05, 4.69) is 4.98 Å². The summed E-state index contributed by atoms with van der Waals surface area (Å²) in [5, 5.41) is 0. The molecule has 0 aliphatic rings. The Hall–Kier alpha value is -3.09. The maximum absolute atomic E-state index is 13.1. The van der Waals surface area contributed by atoms with Crippen LogP contribution in [0.15, 0.2) is 46.1 Å². The zero-order valence-corrected chi connectivity index (χ0v) is 14.4. The molecule has 25 heavy (non-hydrogen) atoms. The van der Waals surface area contributed by atoms with E-state index in [1.54, 1.807) is 11.4 Å². The minimum Gasteiger partial charge on any atom is -0.314 e. The number of aromatic nitrogens is 5. The Balaban J connectivity index is 2.07. The van der Waals surface area contributed by atoms with Crippen LogP contribution < -0.4 is 11.2 Å². The van der Waals surface area contributed by atoms with Crippen LogP contribution in [0.1, 0.15) is 18.2 Å². The minimum atomic E-state index is -0.359. The lowest BCUT2D eigenvalue weighted by Gasteiger charge is -2.08. The van der Waals surface area contributed by atoms with E-state index in [1.165, 1.54) is 9.13 Å². The average Bonchev–Trinajstić information content (AvgIpc) is 3.12. The Morgan fingerprint density at radius 2 is 1.80 bits per heavy atom. The summed E-state index contributed by atoms with van der Waals surface area (Å²) in [5.74, 6) is 0.680. The largest absolute Gasteiger partial charge is 0.332 e. The Labute approximate surface area is 143 Å². The predicted molar refractivity (Wildman–Crippen MR) is 96.1 cm³/mol. The fourth-order valence-corrected chi connectivity index (χ4v) is 3.35. The van der Waals surface area contributed by atoms with Crippen LogP contribution in [0.5, 0.6) is 0 Å². The van der Waals surface area contributed by atoms with Gasteiger partial charge in [-0.05, 0) is 19.4 Å². The summed E-state index contributed by atoms with van der Waals surface area (Å²) < 4.78 is 6.52. The van der Waals surface area contributed by atoms with Gasteiger partial charge in [0.25, 0.3) is 5.56 Å². The first-order chi connectivity index (χ1) is 12.0. The molecule has 0 amide bonds. The zero-order chi connectivity index (χ0) is 17.7. The van der Waals surface area contributed by atoms with Gasteiger partial charge in [0.05, 0.1) is 6.54 Å². The average molecular weight is 337 g/mol. The SMILES string of the molecule is CCn1c(C)cn2c3c(=O)n(Cc4ccccc4)c(=O)n(C)c3nc12. The van der Waals surface area contributed by atoms with Crippen molar-refractivity contribution < 1.29 is 0 Å². The molecule has 0 atom stereocenters. The lowest BCUT2D eigenvalue weighted by atomic mass is 10.2. The molecule has 0 aliphatic carbocycles. The van der Waals surface area contributed by atoms with Crippen molar-refractivity contribution in [3.05, 3.63) is 68.6 Å². The molecule has 3 heterocycles. The second-order valence-corrected chi connectivity index (χ2v) is 6.19. The van der Waals surface area contributed by atoms with E-state index in [0.717, 1.165) is 17.8 Å². The number of benzene rings is 1. The molecule has 4 aromatic rings. The minimum absolute atomic E-state index is 0.239. The van der Waals surface area contributed by atoms with Gasteiger partial charge in [-0.2, -0.15) is 4.98 Å². The molecule has 7 heteroatoms. The molecule has 1 aromatic carbocycles. The number of fused-ring (bicyclic) bond motifs is 3. The summed E-state index contributed by atoms with van der Waals surface area (Å²) in [7, 11) is 1.65. The number of aryl methyl sites for hydroxylation is 3. The monoisotopic (exact) mass is 337 g/mol. The molecule has 3 aromatic heterocycles. The van der Waals surface area contributed by atoms with Crippen LogP contribution in [0, 0.1) is 6.92 Å². The lowest BCUT2D eigenvalue weighted by molar-refractivity contribution is 0.656. The molecule has 0 saturated carbocycles. The van der Waals surface area contributed by atoms with Gasteiger partial charge in [0.1, 0.15) is 0 Å². The Morgan fingerprint density at radius 1 is 1.08 bits per heavy atom. The van der Waals surface area contributed by atoms with Crippen molar-refractivity contribution >= 4 is 16.9 Å². The van der Waals surface area contributed by atoms with Crippen LogP contribution >= 0.6 is 0 Å². The van der Waals surface area contributed by atoms with Crippen LogP contribution in [0.25, 0.3) is 16.9 Å². The number of hydrogen-bond acceptors (Lipinski definition) is 3. The molecule has 0 aliphatic heterocycles. The molecular formula is C18H19N5O2. The van der Waals surface area contributed by atoms with Crippen LogP contribution in [0.3, 0.4) is 0 Å². The molecule has 0 bridgehead atoms. The molecule has 0 N–H and O–H groups in total. The van der Waals surface area contributed by atoms with Gasteiger partial charge in [-0.25, -0.2) is 4.79 Å². The van der Waals surface area contributed by atoms with E-state index in [0.29, 0.717) is 16.9 Å². The molecule has 7 nitrogen and oxygen atoms in total. The van der Waals surface area contributed by atoms with Crippen LogP contribution in [0.4, 0.5) is 0 Å². The van der Waals surface area contributed by atoms with E-state index >= 15 is 0 Å². The molecule has 0 spiro atoms. The summed E-state index contributed by atoms with van der Waals surface area (Å²) in [6.07, 6.45) is 1.90. The van der Waals surface area contributed by atoms with Crippen molar-refractivity contribution in [2.45, 2.75) is 26.9 Å². The quantitative estimate of drug-likeness (QED) is 0.569. The molecular weight excluding hydrogens is 318 g/mol. The third kappa shape index (κ3) is 2.15. The highest BCUT2D eigenvalue weighted by molar-refractivity contribution is 5.75. The van der Waals surface area contributed by atoms with Crippen molar-refractivity contribution in [3.63, 3.8) is 0 Å². The Bertz CT molecular complexity index is 1210. The van der Waals surface area contributed by atoms with Crippen LogP contribution in [-0.4, -0.2) is 23.1 Å². The summed E-state index contributed by atoms with van der Waals surface area (Å²) in [4.78, 5) is 30.3. The van der Waals surface area contributed by atoms with Crippen LogP contribution in [-0.2, 0) is 20.1 Å². The maximum atomic E-state index is 13.1. The van der Waals surface area contributed by atoms with E-state index in [1.807, 2.05) is 54.9 Å². The van der Waals surface area contributed by atoms with Gasteiger partial charge in [0, 0.05) is 25.5 Å². The third-order valence-corrected chi connectivity index (χ3v) is 4.64. The fraction of sp³-hybridized carbons (Fsp3) is 0.278. The highest BCUT2D eigenvalue weighted by Gasteiger charge is 2.19. The molecule has 0 saturated heterocycles. The molecule has 0 fully saturated rings. The highest BCUT2D eigenvalue weighted by Crippen LogP contribution is 2.16. The Morgan fingerprint density at radius 3 is 2.48 bits per heavy atom. The summed E-state index contributed by atoms with van der Waals surface area (Å²) in [6.45, 7) is 4.99. The number of imidazole rings is 2. The van der Waals surface area contributed by atoms with Crippen LogP contribution in [0.2, 0.25) is 0 Å². The van der Waals surface area contributed by atoms with Crippen molar-refractivity contribution in [3.8, 4) is 0 Å². The van der Waals surface area contributed by atoms with Crippen molar-refractivity contribution in [1.29, 1.82) is 0 Å². The summed E-state index contributed by atoms with van der Waals surface area (Å²) in [6, 6.07) is 9.50. The van der Waals surface area contributed by atoms with Gasteiger partial charge < -0.3 is 4.57 Å². The molecule has 0 unspecified atom stereocenters. The zero-order valence-electron chi connectivity index (χ0n) is 14.4. The second kappa shape index (κ2) is 5.47. The van der Waals surface area contributed by atoms with E-state index in [9.17, 15) is 9.59 Å². The van der Waals surface area contributed by atoms with Gasteiger partial charge in [0.2, 0.25) is 5.78 Å². The standard InChI is InChI=1S/C18H19N5O2/c1-4-21-12(2)10-22-14-15(19-17(21)22)20(3)18(25)23(16(14)24)11-13-8-6-5-7-9-13/h5-10H,4,11H2,1-3H3. The number of hydrogen-bond donors (Lipinski definition) is 0. The first-order valence-corrected chi connectivity index (χ1v) is 8.24. The van der Waals surface area contributed by atoms with Gasteiger partial charge in [0.15, 0.2) is 11.2 Å². The van der Waals surface area contributed by atoms with Gasteiger partial charge in [-0.1, -0.05) is 30.3 Å². The van der Waals surface area contributed by atoms with Crippen molar-refractivity contribution in [1.82, 2.24) is 23.1 Å². The summed E-state index contributed by atoms with van der Waals surface area (Å²) in [5.41, 5.74) is 2.10. The predicted octanol–water partition coefficient (Wildman–Crippen LogP) is 1.53. The maximum Gasteiger partial charge on any atom is 0.332 e. The first kappa shape index (κ1) is 15.4. The number of rotatable bonds is 3. The molecule has 4 rings (SSSR count). The second-order valence-electron chi connectivity index (χ2n) is 6.19. The van der Waals surface area contributed by atoms with Gasteiger partial charge in [-0.3, -0.25) is 18.3 Å². The van der Waals surface area contributed by atoms with E-state index in [-0.39, 0.29) is 17.8 Å². The lowest BCUT2D eigenvalue weighted by Crippen LogP contribution is -2.39. The van der Waals surface area contributed by atoms with Crippen molar-refractivity contribution in [2.24, 2.45) is 7.05 Å².